The Morgan fingerprint density at radius 3 is 2.17 bits per heavy atom. The predicted octanol–water partition coefficient (Wildman–Crippen LogP) is 5.95. The van der Waals surface area contributed by atoms with Crippen LogP contribution >= 0.6 is 0 Å². The van der Waals surface area contributed by atoms with Crippen molar-refractivity contribution in [3.63, 3.8) is 0 Å². The van der Waals surface area contributed by atoms with Crippen LogP contribution in [0.25, 0.3) is 0 Å². The van der Waals surface area contributed by atoms with Gasteiger partial charge in [-0.15, -0.1) is 0 Å². The number of carbonyl (C=O) groups is 3. The molecule has 4 aliphatic carbocycles. The number of carbonyl (C=O) groups excluding carboxylic acids is 3. The fourth-order valence-corrected chi connectivity index (χ4v) is 9.14. The zero-order valence-corrected chi connectivity index (χ0v) is 26.3. The summed E-state index contributed by atoms with van der Waals surface area (Å²) in [6.07, 6.45) is -3.17. The average Bonchev–Trinajstić information content (AvgIpc) is 3.30. The molecule has 1 saturated heterocycles. The van der Waals surface area contributed by atoms with Crippen molar-refractivity contribution in [1.82, 2.24) is 14.7 Å². The van der Waals surface area contributed by atoms with Crippen molar-refractivity contribution in [2.75, 3.05) is 40.3 Å². The maximum Gasteiger partial charge on any atom is 0.456 e. The molecule has 0 bridgehead atoms. The van der Waals surface area contributed by atoms with Crippen LogP contribution in [0.5, 0.6) is 0 Å². The molecule has 250 valence electrons. The number of benzene rings is 1. The molecule has 3 fully saturated rings. The van der Waals surface area contributed by atoms with Crippen molar-refractivity contribution in [3.05, 3.63) is 58.2 Å². The van der Waals surface area contributed by atoms with E-state index in [1.165, 1.54) is 11.8 Å². The monoisotopic (exact) mass is 649 g/mol. The Bertz CT molecular complexity index is 1490. The number of hydrogen-bond acceptors (Lipinski definition) is 4. The zero-order valence-electron chi connectivity index (χ0n) is 26.3. The number of urea groups is 1. The first-order valence-corrected chi connectivity index (χ1v) is 16.0. The minimum atomic E-state index is -5.91. The van der Waals surface area contributed by atoms with Crippen LogP contribution in [0.4, 0.5) is 26.7 Å². The smallest absolute Gasteiger partial charge is 0.383 e. The summed E-state index contributed by atoms with van der Waals surface area (Å²) in [5, 5.41) is 11.5. The molecule has 3 amide bonds. The standard InChI is InChI=1S/C34H40F5N3O4/c1-31-19-26(20-4-6-21(7-5-20)29(44)41-14-16-42(17-15-41)30(45)40(2)3)28-24-11-9-23(43)18-22(24)8-10-25(28)27(31)12-13-32(31,46)33(35,36)34(37,38)39/h4-7,18,25-27,46H,8-17,19H2,1-3H3/t25?,26-,27+,31+,32+/m1/s1. The molecule has 5 atom stereocenters. The number of hydrogen-bond donors (Lipinski definition) is 1. The quantitative estimate of drug-likeness (QED) is 0.411. The second-order valence-electron chi connectivity index (χ2n) is 14.0. The number of fused-ring (bicyclic) bond motifs is 4. The highest BCUT2D eigenvalue weighted by Crippen LogP contribution is 2.70. The largest absolute Gasteiger partial charge is 0.456 e. The third-order valence-electron chi connectivity index (χ3n) is 11.5. The van der Waals surface area contributed by atoms with E-state index in [0.29, 0.717) is 63.0 Å². The number of ketones is 1. The Balaban J connectivity index is 1.34. The first-order valence-electron chi connectivity index (χ1n) is 16.0. The topological polar surface area (TPSA) is 81.2 Å². The van der Waals surface area contributed by atoms with Crippen LogP contribution in [0.2, 0.25) is 0 Å². The van der Waals surface area contributed by atoms with Crippen LogP contribution in [-0.4, -0.2) is 95.5 Å². The number of aliphatic hydroxyl groups is 1. The van der Waals surface area contributed by atoms with Crippen molar-refractivity contribution >= 4 is 17.7 Å². The molecule has 7 nitrogen and oxygen atoms in total. The number of amides is 3. The summed E-state index contributed by atoms with van der Waals surface area (Å²) >= 11 is 0. The highest BCUT2D eigenvalue weighted by Gasteiger charge is 2.79. The van der Waals surface area contributed by atoms with Crippen molar-refractivity contribution < 1.29 is 41.4 Å². The Morgan fingerprint density at radius 2 is 1.57 bits per heavy atom. The van der Waals surface area contributed by atoms with Gasteiger partial charge in [0.15, 0.2) is 5.78 Å². The van der Waals surface area contributed by atoms with Crippen LogP contribution in [0.15, 0.2) is 47.1 Å². The van der Waals surface area contributed by atoms with Crippen molar-refractivity contribution in [1.29, 1.82) is 0 Å². The second-order valence-corrected chi connectivity index (χ2v) is 14.0. The molecule has 1 N–H and O–H groups in total. The van der Waals surface area contributed by atoms with E-state index in [1.807, 2.05) is 0 Å². The lowest BCUT2D eigenvalue weighted by Gasteiger charge is -2.56. The third-order valence-corrected chi connectivity index (χ3v) is 11.5. The third kappa shape index (κ3) is 4.88. The molecule has 1 aliphatic heterocycles. The van der Waals surface area contributed by atoms with Gasteiger partial charge in [0.25, 0.3) is 5.91 Å². The lowest BCUT2D eigenvalue weighted by Crippen LogP contribution is -2.65. The molecule has 0 spiro atoms. The molecule has 0 radical (unpaired) electrons. The number of halogens is 5. The maximum absolute atomic E-state index is 15.2. The summed E-state index contributed by atoms with van der Waals surface area (Å²) in [4.78, 5) is 42.8. The van der Waals surface area contributed by atoms with Crippen LogP contribution in [0, 0.1) is 17.3 Å². The van der Waals surface area contributed by atoms with Gasteiger partial charge in [-0.25, -0.2) is 4.79 Å². The second kappa shape index (κ2) is 11.2. The molecular weight excluding hydrogens is 609 g/mol. The van der Waals surface area contributed by atoms with Crippen molar-refractivity contribution in [2.45, 2.75) is 75.5 Å². The van der Waals surface area contributed by atoms with Gasteiger partial charge in [-0.2, -0.15) is 22.0 Å². The summed E-state index contributed by atoms with van der Waals surface area (Å²) in [5.74, 6) is -6.97. The molecule has 12 heteroatoms. The van der Waals surface area contributed by atoms with Gasteiger partial charge in [-0.3, -0.25) is 9.59 Å². The number of rotatable bonds is 3. The Kier molecular flexibility index (Phi) is 7.92. The van der Waals surface area contributed by atoms with E-state index >= 15 is 8.78 Å². The fraction of sp³-hybridized carbons (Fsp3) is 0.618. The van der Waals surface area contributed by atoms with Crippen LogP contribution in [-0.2, 0) is 4.79 Å². The van der Waals surface area contributed by atoms with Crippen molar-refractivity contribution in [3.8, 4) is 0 Å². The summed E-state index contributed by atoms with van der Waals surface area (Å²) < 4.78 is 71.9. The summed E-state index contributed by atoms with van der Waals surface area (Å²) in [6.45, 7) is 2.91. The van der Waals surface area contributed by atoms with Crippen LogP contribution < -0.4 is 0 Å². The molecule has 1 unspecified atom stereocenters. The highest BCUT2D eigenvalue weighted by atomic mass is 19.4. The van der Waals surface area contributed by atoms with Gasteiger partial charge in [0.2, 0.25) is 0 Å². The van der Waals surface area contributed by atoms with Crippen LogP contribution in [0.3, 0.4) is 0 Å². The Hall–Kier alpha value is -3.28. The molecule has 1 aromatic rings. The van der Waals surface area contributed by atoms with Gasteiger partial charge in [0.1, 0.15) is 5.60 Å². The minimum absolute atomic E-state index is 0.0184. The molecule has 2 saturated carbocycles. The molecular formula is C34H40F5N3O4. The summed E-state index contributed by atoms with van der Waals surface area (Å²) in [6, 6.07) is 6.65. The van der Waals surface area contributed by atoms with Gasteiger partial charge in [0, 0.05) is 63.6 Å². The number of allylic oxidation sites excluding steroid dienone is 4. The van der Waals surface area contributed by atoms with E-state index in [2.05, 4.69) is 0 Å². The number of nitrogens with zero attached hydrogens (tertiary/aromatic N) is 3. The first kappa shape index (κ1) is 32.7. The van der Waals surface area contributed by atoms with Gasteiger partial charge in [0.05, 0.1) is 0 Å². The minimum Gasteiger partial charge on any atom is -0.383 e. The normalized spacial score (nSPS) is 31.6. The van der Waals surface area contributed by atoms with Gasteiger partial charge >= 0.3 is 18.1 Å². The molecule has 1 aromatic carbocycles. The maximum atomic E-state index is 15.2. The fourth-order valence-electron chi connectivity index (χ4n) is 9.14. The first-order chi connectivity index (χ1) is 21.5. The van der Waals surface area contributed by atoms with E-state index < -0.39 is 41.4 Å². The van der Waals surface area contributed by atoms with E-state index in [9.17, 15) is 32.7 Å². The van der Waals surface area contributed by atoms with Crippen molar-refractivity contribution in [2.24, 2.45) is 17.3 Å². The zero-order chi connectivity index (χ0) is 33.4. The molecule has 6 rings (SSSR count). The Morgan fingerprint density at radius 1 is 0.935 bits per heavy atom. The van der Waals surface area contributed by atoms with E-state index in [-0.39, 0.29) is 36.5 Å². The molecule has 46 heavy (non-hydrogen) atoms. The summed E-state index contributed by atoms with van der Waals surface area (Å²) in [7, 11) is 3.33. The predicted molar refractivity (Wildman–Crippen MR) is 159 cm³/mol. The molecule has 0 aromatic heterocycles. The average molecular weight is 650 g/mol. The SMILES string of the molecule is CN(C)C(=O)N1CCN(C(=O)c2ccc([C@H]3C[C@@]4(C)[C@@H](CC[C@@]4(O)C(F)(F)C(F)(F)F)C4CCC5=CC(=O)CCC5=C43)cc2)CC1. The number of piperazine rings is 1. The highest BCUT2D eigenvalue weighted by molar-refractivity contribution is 5.94. The van der Waals surface area contributed by atoms with E-state index in [1.54, 1.807) is 54.2 Å². The van der Waals surface area contributed by atoms with Gasteiger partial charge in [-0.1, -0.05) is 24.6 Å². The Labute approximate surface area is 265 Å². The van der Waals surface area contributed by atoms with Gasteiger partial charge in [-0.05, 0) is 85.3 Å². The van der Waals surface area contributed by atoms with Gasteiger partial charge < -0.3 is 19.8 Å². The summed E-state index contributed by atoms with van der Waals surface area (Å²) in [5.41, 5.74) is -1.06. The van der Waals surface area contributed by atoms with E-state index in [4.69, 9.17) is 0 Å². The molecule has 5 aliphatic rings. The lowest BCUT2D eigenvalue weighted by atomic mass is 9.50. The van der Waals surface area contributed by atoms with E-state index in [0.717, 1.165) is 16.7 Å². The molecule has 1 heterocycles. The number of alkyl halides is 5. The van der Waals surface area contributed by atoms with Crippen LogP contribution in [0.1, 0.15) is 73.7 Å². The lowest BCUT2D eigenvalue weighted by molar-refractivity contribution is -0.362.